The molecule has 20 heavy (non-hydrogen) atoms. The lowest BCUT2D eigenvalue weighted by molar-refractivity contribution is 0.173. The summed E-state index contributed by atoms with van der Waals surface area (Å²) in [6, 6.07) is 5.86. The summed E-state index contributed by atoms with van der Waals surface area (Å²) >= 11 is 0. The summed E-state index contributed by atoms with van der Waals surface area (Å²) in [5.74, 6) is 2.22. The van der Waals surface area contributed by atoms with Gasteiger partial charge in [-0.25, -0.2) is 4.68 Å². The van der Waals surface area contributed by atoms with Crippen LogP contribution in [-0.4, -0.2) is 17.7 Å². The summed E-state index contributed by atoms with van der Waals surface area (Å²) in [5.41, 5.74) is 9.12. The molecule has 5 heteroatoms. The minimum absolute atomic E-state index is 0.281. The Morgan fingerprint density at radius 3 is 3.05 bits per heavy atom. The van der Waals surface area contributed by atoms with Crippen LogP contribution in [0.4, 0.5) is 5.82 Å². The van der Waals surface area contributed by atoms with Crippen molar-refractivity contribution in [3.8, 4) is 22.6 Å². The van der Waals surface area contributed by atoms with Crippen molar-refractivity contribution in [1.82, 2.24) is 4.68 Å². The van der Waals surface area contributed by atoms with Crippen LogP contribution in [0.5, 0.6) is 11.5 Å². The van der Waals surface area contributed by atoms with Crippen molar-refractivity contribution >= 4 is 12.0 Å². The van der Waals surface area contributed by atoms with Gasteiger partial charge in [0.2, 0.25) is 6.79 Å². The SMILES string of the molecule is CC/C=N\n1cc(-c2ccc3c(c2C)OCO3)cc1N. The number of ether oxygens (including phenoxy) is 2. The smallest absolute Gasteiger partial charge is 0.231 e. The molecule has 104 valence electrons. The molecular formula is C15H17N3O2. The zero-order valence-corrected chi connectivity index (χ0v) is 11.6. The minimum Gasteiger partial charge on any atom is -0.454 e. The maximum atomic E-state index is 5.98. The van der Waals surface area contributed by atoms with Gasteiger partial charge in [-0.15, -0.1) is 0 Å². The van der Waals surface area contributed by atoms with E-state index >= 15 is 0 Å². The van der Waals surface area contributed by atoms with Gasteiger partial charge in [0.25, 0.3) is 0 Å². The van der Waals surface area contributed by atoms with Crippen LogP contribution < -0.4 is 15.2 Å². The number of nitrogens with two attached hydrogens (primary N) is 1. The Bertz CT molecular complexity index is 674. The van der Waals surface area contributed by atoms with Gasteiger partial charge in [0.15, 0.2) is 11.5 Å². The molecule has 1 aromatic heterocycles. The van der Waals surface area contributed by atoms with E-state index in [1.54, 1.807) is 4.68 Å². The van der Waals surface area contributed by atoms with Crippen LogP contribution in [0.3, 0.4) is 0 Å². The highest BCUT2D eigenvalue weighted by Gasteiger charge is 2.19. The molecule has 1 aliphatic rings. The van der Waals surface area contributed by atoms with E-state index < -0.39 is 0 Å². The summed E-state index contributed by atoms with van der Waals surface area (Å²) < 4.78 is 12.6. The molecule has 1 aliphatic heterocycles. The first-order valence-corrected chi connectivity index (χ1v) is 6.61. The molecule has 5 nitrogen and oxygen atoms in total. The number of anilines is 1. The summed E-state index contributed by atoms with van der Waals surface area (Å²) in [6.07, 6.45) is 4.62. The van der Waals surface area contributed by atoms with Gasteiger partial charge in [-0.3, -0.25) is 0 Å². The molecule has 0 unspecified atom stereocenters. The van der Waals surface area contributed by atoms with Crippen LogP contribution in [0.25, 0.3) is 11.1 Å². The van der Waals surface area contributed by atoms with Crippen molar-refractivity contribution in [3.63, 3.8) is 0 Å². The Labute approximate surface area is 117 Å². The van der Waals surface area contributed by atoms with Crippen LogP contribution in [0.1, 0.15) is 18.9 Å². The maximum Gasteiger partial charge on any atom is 0.231 e. The molecule has 0 fully saturated rings. The third kappa shape index (κ3) is 2.01. The highest BCUT2D eigenvalue weighted by atomic mass is 16.7. The number of nitrogens with zero attached hydrogens (tertiary/aromatic N) is 2. The van der Waals surface area contributed by atoms with Gasteiger partial charge >= 0.3 is 0 Å². The number of hydrogen-bond acceptors (Lipinski definition) is 4. The molecule has 0 aliphatic carbocycles. The molecule has 0 amide bonds. The standard InChI is InChI=1S/C15H17N3O2/c1-3-6-17-18-8-11(7-14(18)16)12-4-5-13-15(10(12)2)20-9-19-13/h4-8H,3,9,16H2,1-2H3/b17-6-. The third-order valence-corrected chi connectivity index (χ3v) is 3.32. The Hall–Kier alpha value is -2.43. The van der Waals surface area contributed by atoms with Crippen LogP contribution in [-0.2, 0) is 0 Å². The molecule has 1 aromatic carbocycles. The first-order valence-electron chi connectivity index (χ1n) is 6.61. The first-order chi connectivity index (χ1) is 9.70. The second-order valence-electron chi connectivity index (χ2n) is 4.68. The first kappa shape index (κ1) is 12.6. The molecule has 0 bridgehead atoms. The Kier molecular flexibility index (Phi) is 3.10. The zero-order chi connectivity index (χ0) is 14.1. The van der Waals surface area contributed by atoms with Gasteiger partial charge in [0.05, 0.1) is 0 Å². The van der Waals surface area contributed by atoms with E-state index in [0.29, 0.717) is 5.82 Å². The molecule has 0 atom stereocenters. The van der Waals surface area contributed by atoms with Gasteiger partial charge in [0, 0.05) is 23.5 Å². The lowest BCUT2D eigenvalue weighted by Crippen LogP contribution is -1.94. The lowest BCUT2D eigenvalue weighted by Gasteiger charge is -2.06. The van der Waals surface area contributed by atoms with Gasteiger partial charge in [-0.2, -0.15) is 5.10 Å². The minimum atomic E-state index is 0.281. The van der Waals surface area contributed by atoms with Crippen LogP contribution in [0, 0.1) is 6.92 Å². The number of hydrogen-bond donors (Lipinski definition) is 1. The van der Waals surface area contributed by atoms with Gasteiger partial charge in [-0.05, 0) is 31.0 Å². The predicted molar refractivity (Wildman–Crippen MR) is 79.3 cm³/mol. The van der Waals surface area contributed by atoms with Crippen molar-refractivity contribution in [2.45, 2.75) is 20.3 Å². The zero-order valence-electron chi connectivity index (χ0n) is 11.6. The average Bonchev–Trinajstić information content (AvgIpc) is 3.04. The summed E-state index contributed by atoms with van der Waals surface area (Å²) in [5, 5.41) is 4.28. The summed E-state index contributed by atoms with van der Waals surface area (Å²) in [4.78, 5) is 0. The number of nitrogen functional groups attached to an aromatic ring is 1. The Balaban J connectivity index is 2.04. The fourth-order valence-electron chi connectivity index (χ4n) is 2.31. The van der Waals surface area contributed by atoms with Gasteiger partial charge in [0.1, 0.15) is 5.82 Å². The summed E-state index contributed by atoms with van der Waals surface area (Å²) in [7, 11) is 0. The van der Waals surface area contributed by atoms with E-state index in [-0.39, 0.29) is 6.79 Å². The van der Waals surface area contributed by atoms with E-state index in [1.807, 2.05) is 44.5 Å². The predicted octanol–water partition coefficient (Wildman–Crippen LogP) is 3.02. The molecule has 2 heterocycles. The molecule has 0 saturated carbocycles. The largest absolute Gasteiger partial charge is 0.454 e. The molecule has 0 radical (unpaired) electrons. The van der Waals surface area contributed by atoms with E-state index in [2.05, 4.69) is 5.10 Å². The van der Waals surface area contributed by atoms with E-state index in [9.17, 15) is 0 Å². The average molecular weight is 271 g/mol. The Morgan fingerprint density at radius 2 is 2.25 bits per heavy atom. The maximum absolute atomic E-state index is 5.98. The van der Waals surface area contributed by atoms with Gasteiger partial charge < -0.3 is 15.2 Å². The normalized spacial score (nSPS) is 13.3. The molecule has 3 rings (SSSR count). The molecule has 2 N–H and O–H groups in total. The molecule has 0 spiro atoms. The highest BCUT2D eigenvalue weighted by Crippen LogP contribution is 2.40. The van der Waals surface area contributed by atoms with Crippen molar-refractivity contribution in [3.05, 3.63) is 30.0 Å². The number of aromatic nitrogens is 1. The lowest BCUT2D eigenvalue weighted by atomic mass is 10.0. The van der Waals surface area contributed by atoms with Gasteiger partial charge in [-0.1, -0.05) is 13.0 Å². The number of benzene rings is 1. The van der Waals surface area contributed by atoms with Crippen LogP contribution in [0.2, 0.25) is 0 Å². The van der Waals surface area contributed by atoms with E-state index in [4.69, 9.17) is 15.2 Å². The fourth-order valence-corrected chi connectivity index (χ4v) is 2.31. The summed E-state index contributed by atoms with van der Waals surface area (Å²) in [6.45, 7) is 4.33. The van der Waals surface area contributed by atoms with Crippen molar-refractivity contribution < 1.29 is 9.47 Å². The molecular weight excluding hydrogens is 254 g/mol. The third-order valence-electron chi connectivity index (χ3n) is 3.32. The second-order valence-corrected chi connectivity index (χ2v) is 4.68. The Morgan fingerprint density at radius 1 is 1.40 bits per heavy atom. The topological polar surface area (TPSA) is 61.8 Å². The quantitative estimate of drug-likeness (QED) is 0.873. The molecule has 0 saturated heterocycles. The van der Waals surface area contributed by atoms with E-state index in [0.717, 1.165) is 34.6 Å². The van der Waals surface area contributed by atoms with Crippen molar-refractivity contribution in [2.24, 2.45) is 5.10 Å². The van der Waals surface area contributed by atoms with Crippen molar-refractivity contribution in [1.29, 1.82) is 0 Å². The second kappa shape index (κ2) is 4.92. The van der Waals surface area contributed by atoms with E-state index in [1.165, 1.54) is 0 Å². The number of rotatable bonds is 3. The van der Waals surface area contributed by atoms with Crippen LogP contribution >= 0.6 is 0 Å². The number of fused-ring (bicyclic) bond motifs is 1. The van der Waals surface area contributed by atoms with Crippen LogP contribution in [0.15, 0.2) is 29.5 Å². The molecule has 2 aromatic rings. The van der Waals surface area contributed by atoms with Crippen molar-refractivity contribution in [2.75, 3.05) is 12.5 Å². The highest BCUT2D eigenvalue weighted by molar-refractivity contribution is 5.74. The monoisotopic (exact) mass is 271 g/mol. The fraction of sp³-hybridized carbons (Fsp3) is 0.267.